The molecule has 0 saturated carbocycles. The molecule has 0 spiro atoms. The van der Waals surface area contributed by atoms with Crippen LogP contribution in [0.2, 0.25) is 0 Å². The van der Waals surface area contributed by atoms with Crippen LogP contribution < -0.4 is 10.6 Å². The second-order valence-electron chi connectivity index (χ2n) is 8.22. The predicted octanol–water partition coefficient (Wildman–Crippen LogP) is 7.10. The standard InChI is InChI=1S/C29H21OP/c1-31(30)27-17-8-7-14-23(27)25-15-9-16-26(29(25)31)24-19-18-20-10-5-6-13-22(20)28(24)21-11-3-2-4-12-21/h2-19H,1H3. The third kappa shape index (κ3) is 2.67. The molecule has 0 aliphatic carbocycles. The smallest absolute Gasteiger partial charge is 0.142 e. The van der Waals surface area contributed by atoms with Gasteiger partial charge in [0, 0.05) is 10.6 Å². The molecule has 31 heavy (non-hydrogen) atoms. The molecule has 5 aromatic rings. The van der Waals surface area contributed by atoms with E-state index in [9.17, 15) is 4.57 Å². The summed E-state index contributed by atoms with van der Waals surface area (Å²) >= 11 is 0. The maximum absolute atomic E-state index is 14.2. The normalized spacial score (nSPS) is 16.8. The van der Waals surface area contributed by atoms with Gasteiger partial charge in [0.15, 0.2) is 0 Å². The average Bonchev–Trinajstić information content (AvgIpc) is 3.06. The molecule has 148 valence electrons. The molecule has 0 amide bonds. The van der Waals surface area contributed by atoms with Crippen molar-refractivity contribution in [3.05, 3.63) is 109 Å². The molecule has 2 heteroatoms. The Kier molecular flexibility index (Phi) is 4.03. The maximum atomic E-state index is 14.2. The molecule has 0 bridgehead atoms. The molecule has 1 aliphatic rings. The largest absolute Gasteiger partial charge is 0.314 e. The quantitative estimate of drug-likeness (QED) is 0.281. The van der Waals surface area contributed by atoms with Crippen LogP contribution in [0.3, 0.4) is 0 Å². The van der Waals surface area contributed by atoms with Crippen molar-refractivity contribution in [1.82, 2.24) is 0 Å². The van der Waals surface area contributed by atoms with Gasteiger partial charge in [0.05, 0.1) is 0 Å². The van der Waals surface area contributed by atoms with Gasteiger partial charge in [-0.05, 0) is 50.8 Å². The number of rotatable bonds is 2. The highest BCUT2D eigenvalue weighted by Gasteiger charge is 2.37. The van der Waals surface area contributed by atoms with Gasteiger partial charge in [-0.2, -0.15) is 0 Å². The van der Waals surface area contributed by atoms with Crippen molar-refractivity contribution in [2.75, 3.05) is 6.66 Å². The van der Waals surface area contributed by atoms with Crippen LogP contribution in [0.5, 0.6) is 0 Å². The van der Waals surface area contributed by atoms with E-state index in [-0.39, 0.29) is 0 Å². The molecule has 0 fully saturated rings. The van der Waals surface area contributed by atoms with Crippen LogP contribution in [-0.4, -0.2) is 6.66 Å². The van der Waals surface area contributed by atoms with Crippen LogP contribution in [0.1, 0.15) is 0 Å². The molecular formula is C29H21OP. The van der Waals surface area contributed by atoms with E-state index in [4.69, 9.17) is 0 Å². The number of hydrogen-bond donors (Lipinski definition) is 0. The molecule has 6 rings (SSSR count). The van der Waals surface area contributed by atoms with Crippen molar-refractivity contribution in [1.29, 1.82) is 0 Å². The molecule has 1 heterocycles. The van der Waals surface area contributed by atoms with E-state index >= 15 is 0 Å². The predicted molar refractivity (Wildman–Crippen MR) is 133 cm³/mol. The van der Waals surface area contributed by atoms with Crippen molar-refractivity contribution < 1.29 is 4.57 Å². The van der Waals surface area contributed by atoms with Gasteiger partial charge in [-0.25, -0.2) is 0 Å². The van der Waals surface area contributed by atoms with E-state index in [2.05, 4.69) is 84.9 Å². The first kappa shape index (κ1) is 18.4. The first-order chi connectivity index (χ1) is 15.2. The summed E-state index contributed by atoms with van der Waals surface area (Å²) in [7, 11) is -2.70. The van der Waals surface area contributed by atoms with E-state index < -0.39 is 7.14 Å². The molecule has 1 aliphatic heterocycles. The number of hydrogen-bond acceptors (Lipinski definition) is 1. The molecule has 0 aromatic heterocycles. The minimum atomic E-state index is -2.70. The van der Waals surface area contributed by atoms with Gasteiger partial charge < -0.3 is 4.57 Å². The van der Waals surface area contributed by atoms with Crippen molar-refractivity contribution >= 4 is 28.5 Å². The Morgan fingerprint density at radius 1 is 0.548 bits per heavy atom. The molecule has 0 saturated heterocycles. The van der Waals surface area contributed by atoms with Crippen LogP contribution in [-0.2, 0) is 4.57 Å². The molecule has 0 radical (unpaired) electrons. The summed E-state index contributed by atoms with van der Waals surface area (Å²) in [5, 5.41) is 4.38. The minimum Gasteiger partial charge on any atom is -0.314 e. The molecule has 0 N–H and O–H groups in total. The van der Waals surface area contributed by atoms with Gasteiger partial charge in [-0.3, -0.25) is 0 Å². The van der Waals surface area contributed by atoms with Gasteiger partial charge >= 0.3 is 0 Å². The molecule has 5 aromatic carbocycles. The Hall–Kier alpha value is -3.41. The van der Waals surface area contributed by atoms with Gasteiger partial charge in [-0.1, -0.05) is 109 Å². The highest BCUT2D eigenvalue weighted by molar-refractivity contribution is 7.79. The SMILES string of the molecule is CP1(=O)c2ccccc2-c2cccc(-c3ccc4ccccc4c3-c3ccccc3)c21. The summed E-state index contributed by atoms with van der Waals surface area (Å²) in [4.78, 5) is 0. The van der Waals surface area contributed by atoms with Gasteiger partial charge in [0.1, 0.15) is 7.14 Å². The van der Waals surface area contributed by atoms with E-state index in [0.717, 1.165) is 32.9 Å². The maximum Gasteiger partial charge on any atom is 0.142 e. The lowest BCUT2D eigenvalue weighted by molar-refractivity contribution is 0.591. The fourth-order valence-corrected chi connectivity index (χ4v) is 7.62. The minimum absolute atomic E-state index is 0.972. The monoisotopic (exact) mass is 416 g/mol. The van der Waals surface area contributed by atoms with Gasteiger partial charge in [-0.15, -0.1) is 0 Å². The first-order valence-electron chi connectivity index (χ1n) is 10.5. The lowest BCUT2D eigenvalue weighted by Crippen LogP contribution is -2.11. The number of benzene rings is 5. The summed E-state index contributed by atoms with van der Waals surface area (Å²) in [6, 6.07) is 37.9. The Bertz CT molecular complexity index is 1520. The third-order valence-corrected chi connectivity index (χ3v) is 9.04. The Morgan fingerprint density at radius 3 is 2.03 bits per heavy atom. The fourth-order valence-electron chi connectivity index (χ4n) is 5.04. The van der Waals surface area contributed by atoms with E-state index in [1.807, 2.05) is 30.9 Å². The zero-order valence-corrected chi connectivity index (χ0v) is 18.1. The summed E-state index contributed by atoms with van der Waals surface area (Å²) in [6.45, 7) is 1.92. The van der Waals surface area contributed by atoms with Crippen molar-refractivity contribution in [3.8, 4) is 33.4 Å². The van der Waals surface area contributed by atoms with Crippen LogP contribution in [0.25, 0.3) is 44.2 Å². The zero-order valence-electron chi connectivity index (χ0n) is 17.2. The lowest BCUT2D eigenvalue weighted by atomic mass is 9.89. The Balaban J connectivity index is 1.73. The fraction of sp³-hybridized carbons (Fsp3) is 0.0345. The second-order valence-corrected chi connectivity index (χ2v) is 11.0. The first-order valence-corrected chi connectivity index (χ1v) is 12.7. The Morgan fingerprint density at radius 2 is 1.19 bits per heavy atom. The lowest BCUT2D eigenvalue weighted by Gasteiger charge is -2.19. The summed E-state index contributed by atoms with van der Waals surface area (Å²) in [6.07, 6.45) is 0. The molecular weight excluding hydrogens is 395 g/mol. The van der Waals surface area contributed by atoms with E-state index in [0.29, 0.717) is 0 Å². The molecule has 1 nitrogen and oxygen atoms in total. The van der Waals surface area contributed by atoms with Crippen LogP contribution in [0.15, 0.2) is 109 Å². The Labute approximate surface area is 182 Å². The van der Waals surface area contributed by atoms with Crippen molar-refractivity contribution in [2.45, 2.75) is 0 Å². The summed E-state index contributed by atoms with van der Waals surface area (Å²) < 4.78 is 14.2. The summed E-state index contributed by atoms with van der Waals surface area (Å²) in [5.74, 6) is 0. The topological polar surface area (TPSA) is 17.1 Å². The van der Waals surface area contributed by atoms with Gasteiger partial charge in [0.2, 0.25) is 0 Å². The van der Waals surface area contributed by atoms with Crippen LogP contribution >= 0.6 is 7.14 Å². The van der Waals surface area contributed by atoms with E-state index in [1.165, 1.54) is 21.9 Å². The molecule has 1 atom stereocenters. The zero-order chi connectivity index (χ0) is 21.0. The van der Waals surface area contributed by atoms with Crippen molar-refractivity contribution in [3.63, 3.8) is 0 Å². The summed E-state index contributed by atoms with van der Waals surface area (Å²) in [5.41, 5.74) is 6.79. The molecule has 1 unspecified atom stereocenters. The van der Waals surface area contributed by atoms with Crippen LogP contribution in [0, 0.1) is 0 Å². The average molecular weight is 416 g/mol. The second kappa shape index (κ2) is 6.80. The van der Waals surface area contributed by atoms with E-state index in [1.54, 1.807) is 0 Å². The van der Waals surface area contributed by atoms with Crippen molar-refractivity contribution in [2.24, 2.45) is 0 Å². The highest BCUT2D eigenvalue weighted by atomic mass is 31.2. The van der Waals surface area contributed by atoms with Gasteiger partial charge in [0.25, 0.3) is 0 Å². The van der Waals surface area contributed by atoms with Crippen LogP contribution in [0.4, 0.5) is 0 Å². The highest BCUT2D eigenvalue weighted by Crippen LogP contribution is 2.53. The third-order valence-electron chi connectivity index (χ3n) is 6.40. The number of fused-ring (bicyclic) bond motifs is 4.